The van der Waals surface area contributed by atoms with Gasteiger partial charge in [-0.3, -0.25) is 14.6 Å². The summed E-state index contributed by atoms with van der Waals surface area (Å²) in [5.41, 5.74) is 2.04. The summed E-state index contributed by atoms with van der Waals surface area (Å²) in [6.45, 7) is 0.0891. The summed E-state index contributed by atoms with van der Waals surface area (Å²) in [5, 5.41) is 28.3. The van der Waals surface area contributed by atoms with Crippen LogP contribution in [0.15, 0.2) is 64.0 Å². The zero-order chi connectivity index (χ0) is 23.2. The third kappa shape index (κ3) is 4.89. The number of pyridine rings is 2. The van der Waals surface area contributed by atoms with Gasteiger partial charge in [-0.2, -0.15) is 5.26 Å². The van der Waals surface area contributed by atoms with Crippen molar-refractivity contribution in [2.45, 2.75) is 6.54 Å². The number of carbonyl (C=O) groups excluding carboxylic acids is 1. The number of nitrogens with one attached hydrogen (secondary N) is 2. The van der Waals surface area contributed by atoms with E-state index in [4.69, 9.17) is 10.1 Å². The number of hydrogen-bond acceptors (Lipinski definition) is 8. The number of aromatic nitrogens is 2. The maximum Gasteiger partial charge on any atom is 0.270 e. The van der Waals surface area contributed by atoms with Crippen molar-refractivity contribution in [2.75, 3.05) is 6.61 Å². The van der Waals surface area contributed by atoms with Crippen LogP contribution >= 0.6 is 11.3 Å². The highest BCUT2D eigenvalue weighted by atomic mass is 32.1. The predicted octanol–water partition coefficient (Wildman–Crippen LogP) is 2.90. The van der Waals surface area contributed by atoms with Gasteiger partial charge in [0.25, 0.3) is 11.5 Å². The fraction of sp³-hybridized carbons (Fsp3) is 0.0870. The van der Waals surface area contributed by atoms with Gasteiger partial charge in [0.1, 0.15) is 16.6 Å². The van der Waals surface area contributed by atoms with Gasteiger partial charge in [0.15, 0.2) is 12.2 Å². The monoisotopic (exact) mass is 459 g/mol. The molecule has 0 saturated carbocycles. The summed E-state index contributed by atoms with van der Waals surface area (Å²) < 4.78 is 0. The molecule has 0 saturated heterocycles. The second-order valence-corrected chi connectivity index (χ2v) is 7.75. The fourth-order valence-corrected chi connectivity index (χ4v) is 4.05. The van der Waals surface area contributed by atoms with E-state index in [9.17, 15) is 14.7 Å². The third-order valence-corrected chi connectivity index (χ3v) is 5.61. The van der Waals surface area contributed by atoms with Crippen LogP contribution in [0.4, 0.5) is 0 Å². The molecule has 0 aliphatic rings. The Morgan fingerprint density at radius 3 is 2.85 bits per heavy atom. The van der Waals surface area contributed by atoms with Gasteiger partial charge in [0, 0.05) is 17.1 Å². The number of thiophene rings is 1. The van der Waals surface area contributed by atoms with Crippen molar-refractivity contribution >= 4 is 33.7 Å². The number of fused-ring (bicyclic) bond motifs is 1. The number of aromatic hydroxyl groups is 1. The first-order valence-corrected chi connectivity index (χ1v) is 10.6. The van der Waals surface area contributed by atoms with E-state index in [2.05, 4.69) is 20.4 Å². The minimum Gasteiger partial charge on any atom is -0.506 e. The van der Waals surface area contributed by atoms with Crippen LogP contribution in [-0.4, -0.2) is 33.8 Å². The van der Waals surface area contributed by atoms with Gasteiger partial charge in [-0.1, -0.05) is 35.5 Å². The smallest absolute Gasteiger partial charge is 0.270 e. The molecule has 0 spiro atoms. The van der Waals surface area contributed by atoms with Crippen LogP contribution in [0, 0.1) is 11.3 Å². The average molecular weight is 459 g/mol. The van der Waals surface area contributed by atoms with Crippen molar-refractivity contribution < 1.29 is 14.7 Å². The number of carbonyl (C=O) groups is 1. The van der Waals surface area contributed by atoms with Gasteiger partial charge in [-0.15, -0.1) is 11.3 Å². The first-order chi connectivity index (χ1) is 16.1. The molecule has 4 aromatic rings. The molecule has 9 nitrogen and oxygen atoms in total. The van der Waals surface area contributed by atoms with Crippen molar-refractivity contribution in [2.24, 2.45) is 5.16 Å². The molecule has 3 heterocycles. The SMILES string of the molecule is N#Cc1c(O)c2c(-c3ccc(/C=N\OCC(=O)NCc4ccccn4)cc3)csc2[nH]c1=O. The van der Waals surface area contributed by atoms with Crippen LogP contribution in [0.3, 0.4) is 0 Å². The number of hydrogen-bond donors (Lipinski definition) is 3. The summed E-state index contributed by atoms with van der Waals surface area (Å²) in [6, 6.07) is 14.4. The molecule has 0 atom stereocenters. The van der Waals surface area contributed by atoms with Gasteiger partial charge in [0.2, 0.25) is 0 Å². The molecule has 164 valence electrons. The molecule has 1 aromatic carbocycles. The molecule has 0 fully saturated rings. The van der Waals surface area contributed by atoms with Crippen molar-refractivity contribution in [1.82, 2.24) is 15.3 Å². The van der Waals surface area contributed by atoms with Crippen LogP contribution in [0.2, 0.25) is 0 Å². The Morgan fingerprint density at radius 2 is 2.12 bits per heavy atom. The zero-order valence-corrected chi connectivity index (χ0v) is 17.9. The highest BCUT2D eigenvalue weighted by molar-refractivity contribution is 7.17. The Bertz CT molecular complexity index is 1420. The summed E-state index contributed by atoms with van der Waals surface area (Å²) >= 11 is 1.27. The number of H-pyrrole nitrogens is 1. The second kappa shape index (κ2) is 9.76. The van der Waals surface area contributed by atoms with Crippen molar-refractivity contribution in [3.63, 3.8) is 0 Å². The minimum absolute atomic E-state index is 0.221. The Kier molecular flexibility index (Phi) is 6.43. The third-order valence-electron chi connectivity index (χ3n) is 4.72. The Labute approximate surface area is 191 Å². The maximum absolute atomic E-state index is 11.9. The molecule has 0 aliphatic heterocycles. The van der Waals surface area contributed by atoms with Crippen LogP contribution in [0.5, 0.6) is 5.75 Å². The van der Waals surface area contributed by atoms with E-state index < -0.39 is 5.56 Å². The van der Waals surface area contributed by atoms with E-state index in [0.29, 0.717) is 22.3 Å². The molecule has 1 amide bonds. The van der Waals surface area contributed by atoms with Crippen molar-refractivity contribution in [1.29, 1.82) is 5.26 Å². The van der Waals surface area contributed by atoms with Gasteiger partial charge in [-0.05, 0) is 23.3 Å². The number of aromatic amines is 1. The normalized spacial score (nSPS) is 10.9. The fourth-order valence-electron chi connectivity index (χ4n) is 3.08. The lowest BCUT2D eigenvalue weighted by molar-refractivity contribution is -0.125. The first-order valence-electron chi connectivity index (χ1n) is 9.75. The Balaban J connectivity index is 1.38. The molecule has 0 unspecified atom stereocenters. The van der Waals surface area contributed by atoms with Gasteiger partial charge >= 0.3 is 0 Å². The molecular weight excluding hydrogens is 442 g/mol. The predicted molar refractivity (Wildman–Crippen MR) is 124 cm³/mol. The standard InChI is InChI=1S/C23H17N5O4S/c24-9-17-21(30)20-18(13-33-23(20)28-22(17)31)15-6-4-14(5-7-15)10-27-32-12-19(29)26-11-16-3-1-2-8-25-16/h1-8,10,13H,11-12H2,(H,26,29)(H2,28,30,31)/b27-10-. The Hall–Kier alpha value is -4.49. The quantitative estimate of drug-likeness (QED) is 0.287. The molecule has 0 bridgehead atoms. The lowest BCUT2D eigenvalue weighted by Crippen LogP contribution is -2.26. The van der Waals surface area contributed by atoms with E-state index in [1.807, 2.05) is 24.3 Å². The van der Waals surface area contributed by atoms with E-state index in [-0.39, 0.29) is 23.8 Å². The van der Waals surface area contributed by atoms with Gasteiger partial charge in [0.05, 0.1) is 23.8 Å². The van der Waals surface area contributed by atoms with Crippen LogP contribution in [0.25, 0.3) is 21.3 Å². The molecule has 3 N–H and O–H groups in total. The van der Waals surface area contributed by atoms with E-state index in [1.165, 1.54) is 17.6 Å². The number of nitrogens with zero attached hydrogens (tertiary/aromatic N) is 3. The van der Waals surface area contributed by atoms with E-state index in [0.717, 1.165) is 16.8 Å². The first kappa shape index (κ1) is 21.7. The van der Waals surface area contributed by atoms with Gasteiger partial charge < -0.3 is 20.2 Å². The molecule has 0 aliphatic carbocycles. The topological polar surface area (TPSA) is 140 Å². The average Bonchev–Trinajstić information content (AvgIpc) is 3.26. The van der Waals surface area contributed by atoms with Crippen molar-refractivity contribution in [3.8, 4) is 22.9 Å². The lowest BCUT2D eigenvalue weighted by atomic mass is 10.0. The van der Waals surface area contributed by atoms with E-state index >= 15 is 0 Å². The maximum atomic E-state index is 11.9. The van der Waals surface area contributed by atoms with E-state index in [1.54, 1.807) is 35.8 Å². The number of rotatable bonds is 7. The zero-order valence-electron chi connectivity index (χ0n) is 17.1. The molecule has 0 radical (unpaired) electrons. The molecule has 33 heavy (non-hydrogen) atoms. The largest absolute Gasteiger partial charge is 0.506 e. The van der Waals surface area contributed by atoms with Gasteiger partial charge in [-0.25, -0.2) is 0 Å². The van der Waals surface area contributed by atoms with Crippen LogP contribution in [0.1, 0.15) is 16.8 Å². The number of oxime groups is 1. The number of amides is 1. The summed E-state index contributed by atoms with van der Waals surface area (Å²) in [4.78, 5) is 35.9. The van der Waals surface area contributed by atoms with Crippen molar-refractivity contribution in [3.05, 3.63) is 81.2 Å². The molecule has 10 heteroatoms. The molecular formula is C23H17N5O4S. The molecule has 4 rings (SSSR count). The second-order valence-electron chi connectivity index (χ2n) is 6.87. The Morgan fingerprint density at radius 1 is 1.30 bits per heavy atom. The van der Waals surface area contributed by atoms with Crippen LogP contribution < -0.4 is 10.9 Å². The highest BCUT2D eigenvalue weighted by Crippen LogP contribution is 2.38. The minimum atomic E-state index is -0.618. The number of nitriles is 1. The summed E-state index contributed by atoms with van der Waals surface area (Å²) in [5.74, 6) is -0.639. The molecule has 3 aromatic heterocycles. The summed E-state index contributed by atoms with van der Waals surface area (Å²) in [7, 11) is 0. The highest BCUT2D eigenvalue weighted by Gasteiger charge is 2.17. The number of benzene rings is 1. The van der Waals surface area contributed by atoms with Crippen LogP contribution in [-0.2, 0) is 16.2 Å². The lowest BCUT2D eigenvalue weighted by Gasteiger charge is -2.04. The summed E-state index contributed by atoms with van der Waals surface area (Å²) in [6.07, 6.45) is 3.13.